The van der Waals surface area contributed by atoms with E-state index in [1.165, 1.54) is 0 Å². The van der Waals surface area contributed by atoms with Crippen LogP contribution < -0.4 is 0 Å². The highest BCUT2D eigenvalue weighted by molar-refractivity contribution is 7.18. The highest BCUT2D eigenvalue weighted by atomic mass is 32.1. The number of hydrogen-bond acceptors (Lipinski definition) is 5. The molecule has 0 N–H and O–H groups in total. The number of carbonyl (C=O) groups excluding carboxylic acids is 2. The van der Waals surface area contributed by atoms with Gasteiger partial charge in [-0.2, -0.15) is 0 Å². The van der Waals surface area contributed by atoms with Crippen molar-refractivity contribution < 1.29 is 14.3 Å². The van der Waals surface area contributed by atoms with E-state index in [1.807, 2.05) is 34.9 Å². The average Bonchev–Trinajstić information content (AvgIpc) is 3.36. The maximum Gasteiger partial charge on any atom is 0.253 e. The molecule has 5 rings (SSSR count). The second kappa shape index (κ2) is 6.52. The fourth-order valence-electron chi connectivity index (χ4n) is 5.39. The van der Waals surface area contributed by atoms with Crippen LogP contribution in [0.15, 0.2) is 18.2 Å². The zero-order chi connectivity index (χ0) is 19.5. The standard InChI is InChI=1S/C21H25N3O3S/c1-13-22-17-4-3-15(9-19(17)28-13)20(26)23-7-5-21(6-8-23)12-24(14(2)25)18-11-27-10-16(18)21/h3-4,9,16,18H,5-8,10-12H2,1-2H3/t16-,18+/m0/s1. The summed E-state index contributed by atoms with van der Waals surface area (Å²) in [6, 6.07) is 6.03. The number of aryl methyl sites for hydroxylation is 1. The molecule has 148 valence electrons. The number of ether oxygens (including phenoxy) is 1. The fraction of sp³-hybridized carbons (Fsp3) is 0.571. The number of benzene rings is 1. The SMILES string of the molecule is CC(=O)N1CC2(CCN(C(=O)c3ccc4nc(C)sc4c3)CC2)[C@H]2COC[C@H]21. The van der Waals surface area contributed by atoms with Gasteiger partial charge in [0.05, 0.1) is 34.5 Å². The van der Waals surface area contributed by atoms with E-state index in [4.69, 9.17) is 4.74 Å². The molecule has 2 amide bonds. The third-order valence-corrected chi connectivity index (χ3v) is 7.85. The largest absolute Gasteiger partial charge is 0.379 e. The van der Waals surface area contributed by atoms with E-state index in [9.17, 15) is 9.59 Å². The third kappa shape index (κ3) is 2.75. The molecule has 0 unspecified atom stereocenters. The molecule has 0 saturated carbocycles. The average molecular weight is 400 g/mol. The fourth-order valence-corrected chi connectivity index (χ4v) is 6.26. The van der Waals surface area contributed by atoms with Gasteiger partial charge >= 0.3 is 0 Å². The first kappa shape index (κ1) is 18.1. The van der Waals surface area contributed by atoms with Crippen LogP contribution in [-0.2, 0) is 9.53 Å². The number of nitrogens with zero attached hydrogens (tertiary/aromatic N) is 3. The summed E-state index contributed by atoms with van der Waals surface area (Å²) in [7, 11) is 0. The lowest BCUT2D eigenvalue weighted by atomic mass is 9.70. The molecule has 1 spiro atoms. The minimum Gasteiger partial charge on any atom is -0.379 e. The van der Waals surface area contributed by atoms with Gasteiger partial charge in [-0.25, -0.2) is 4.98 Å². The molecular weight excluding hydrogens is 374 g/mol. The molecule has 0 bridgehead atoms. The van der Waals surface area contributed by atoms with E-state index in [-0.39, 0.29) is 23.3 Å². The van der Waals surface area contributed by atoms with Crippen molar-refractivity contribution in [1.82, 2.24) is 14.8 Å². The van der Waals surface area contributed by atoms with Gasteiger partial charge in [0, 0.05) is 38.0 Å². The Balaban J connectivity index is 1.32. The van der Waals surface area contributed by atoms with Gasteiger partial charge in [0.2, 0.25) is 5.91 Å². The van der Waals surface area contributed by atoms with Crippen molar-refractivity contribution in [3.05, 3.63) is 28.8 Å². The molecule has 28 heavy (non-hydrogen) atoms. The Morgan fingerprint density at radius 2 is 2.04 bits per heavy atom. The topological polar surface area (TPSA) is 62.7 Å². The maximum atomic E-state index is 13.1. The van der Waals surface area contributed by atoms with Crippen molar-refractivity contribution >= 4 is 33.4 Å². The summed E-state index contributed by atoms with van der Waals surface area (Å²) in [5.74, 6) is 0.651. The van der Waals surface area contributed by atoms with Crippen molar-refractivity contribution in [2.45, 2.75) is 32.7 Å². The molecule has 7 heteroatoms. The van der Waals surface area contributed by atoms with Crippen molar-refractivity contribution in [2.24, 2.45) is 11.3 Å². The molecule has 3 aliphatic rings. The molecule has 3 saturated heterocycles. The molecule has 6 nitrogen and oxygen atoms in total. The molecule has 0 aliphatic carbocycles. The van der Waals surface area contributed by atoms with Crippen LogP contribution >= 0.6 is 11.3 Å². The lowest BCUT2D eigenvalue weighted by Gasteiger charge is -2.42. The van der Waals surface area contributed by atoms with E-state index >= 15 is 0 Å². The summed E-state index contributed by atoms with van der Waals surface area (Å²) >= 11 is 1.63. The molecule has 4 heterocycles. The molecule has 2 aromatic rings. The summed E-state index contributed by atoms with van der Waals surface area (Å²) in [5, 5.41) is 1.02. The van der Waals surface area contributed by atoms with E-state index in [2.05, 4.69) is 4.98 Å². The minimum absolute atomic E-state index is 0.0996. The van der Waals surface area contributed by atoms with Gasteiger partial charge in [0.25, 0.3) is 5.91 Å². The Labute approximate surface area is 168 Å². The maximum absolute atomic E-state index is 13.1. The number of hydrogen-bond donors (Lipinski definition) is 0. The highest BCUT2D eigenvalue weighted by Crippen LogP contribution is 2.50. The predicted octanol–water partition coefficient (Wildman–Crippen LogP) is 2.70. The second-order valence-corrected chi connectivity index (χ2v) is 9.66. The number of aromatic nitrogens is 1. The van der Waals surface area contributed by atoms with E-state index < -0.39 is 0 Å². The van der Waals surface area contributed by atoms with Gasteiger partial charge in [0.15, 0.2) is 0 Å². The first-order valence-electron chi connectivity index (χ1n) is 9.98. The van der Waals surface area contributed by atoms with Gasteiger partial charge in [0.1, 0.15) is 0 Å². The quantitative estimate of drug-likeness (QED) is 0.740. The number of likely N-dealkylation sites (tertiary alicyclic amines) is 2. The van der Waals surface area contributed by atoms with Crippen LogP contribution in [0.4, 0.5) is 0 Å². The zero-order valence-electron chi connectivity index (χ0n) is 16.3. The zero-order valence-corrected chi connectivity index (χ0v) is 17.1. The lowest BCUT2D eigenvalue weighted by molar-refractivity contribution is -0.130. The summed E-state index contributed by atoms with van der Waals surface area (Å²) in [4.78, 5) is 33.6. The summed E-state index contributed by atoms with van der Waals surface area (Å²) in [6.45, 7) is 7.34. The highest BCUT2D eigenvalue weighted by Gasteiger charge is 2.56. The van der Waals surface area contributed by atoms with Gasteiger partial charge in [-0.1, -0.05) is 0 Å². The van der Waals surface area contributed by atoms with Crippen molar-refractivity contribution in [3.63, 3.8) is 0 Å². The number of fused-ring (bicyclic) bond motifs is 3. The molecule has 1 aromatic carbocycles. The van der Waals surface area contributed by atoms with E-state index in [0.29, 0.717) is 12.5 Å². The monoisotopic (exact) mass is 399 g/mol. The summed E-state index contributed by atoms with van der Waals surface area (Å²) in [5.41, 5.74) is 1.80. The smallest absolute Gasteiger partial charge is 0.253 e. The van der Waals surface area contributed by atoms with Crippen LogP contribution in [0.3, 0.4) is 0 Å². The predicted molar refractivity (Wildman–Crippen MR) is 107 cm³/mol. The number of carbonyl (C=O) groups is 2. The van der Waals surface area contributed by atoms with Gasteiger partial charge in [-0.3, -0.25) is 9.59 Å². The molecule has 2 atom stereocenters. The first-order chi connectivity index (χ1) is 13.5. The number of piperidine rings is 1. The molecular formula is C21H25N3O3S. The van der Waals surface area contributed by atoms with Crippen LogP contribution in [0.5, 0.6) is 0 Å². The number of amides is 2. The minimum atomic E-state index is 0.0996. The van der Waals surface area contributed by atoms with Crippen LogP contribution in [0.25, 0.3) is 10.2 Å². The molecule has 1 aromatic heterocycles. The third-order valence-electron chi connectivity index (χ3n) is 6.92. The van der Waals surface area contributed by atoms with Gasteiger partial charge < -0.3 is 14.5 Å². The Kier molecular flexibility index (Phi) is 4.21. The van der Waals surface area contributed by atoms with Crippen molar-refractivity contribution in [3.8, 4) is 0 Å². The lowest BCUT2D eigenvalue weighted by Crippen LogP contribution is -2.47. The van der Waals surface area contributed by atoms with Crippen LogP contribution in [0, 0.1) is 18.3 Å². The summed E-state index contributed by atoms with van der Waals surface area (Å²) in [6.07, 6.45) is 1.88. The second-order valence-electron chi connectivity index (χ2n) is 8.43. The van der Waals surface area contributed by atoms with E-state index in [1.54, 1.807) is 18.3 Å². The summed E-state index contributed by atoms with van der Waals surface area (Å²) < 4.78 is 6.79. The van der Waals surface area contributed by atoms with Crippen LogP contribution in [-0.4, -0.2) is 65.5 Å². The number of rotatable bonds is 1. The Bertz CT molecular complexity index is 948. The molecule has 3 aliphatic heterocycles. The van der Waals surface area contributed by atoms with Crippen molar-refractivity contribution in [2.75, 3.05) is 32.8 Å². The normalized spacial score (nSPS) is 26.2. The van der Waals surface area contributed by atoms with Gasteiger partial charge in [-0.05, 0) is 43.4 Å². The van der Waals surface area contributed by atoms with Crippen LogP contribution in [0.1, 0.15) is 35.1 Å². The van der Waals surface area contributed by atoms with Gasteiger partial charge in [-0.15, -0.1) is 11.3 Å². The molecule has 3 fully saturated rings. The Hall–Kier alpha value is -1.99. The first-order valence-corrected chi connectivity index (χ1v) is 10.8. The Morgan fingerprint density at radius 3 is 2.79 bits per heavy atom. The Morgan fingerprint density at radius 1 is 1.25 bits per heavy atom. The van der Waals surface area contributed by atoms with Crippen molar-refractivity contribution in [1.29, 1.82) is 0 Å². The number of thiazole rings is 1. The van der Waals surface area contributed by atoms with Crippen LogP contribution in [0.2, 0.25) is 0 Å². The molecule has 0 radical (unpaired) electrons. The van der Waals surface area contributed by atoms with E-state index in [0.717, 1.165) is 59.9 Å².